The van der Waals surface area contributed by atoms with Crippen molar-refractivity contribution in [2.75, 3.05) is 0 Å². The van der Waals surface area contributed by atoms with Crippen LogP contribution in [0.3, 0.4) is 0 Å². The van der Waals surface area contributed by atoms with E-state index < -0.39 is 6.04 Å². The van der Waals surface area contributed by atoms with Crippen LogP contribution in [0.4, 0.5) is 0 Å². The van der Waals surface area contributed by atoms with Gasteiger partial charge in [0.25, 0.3) is 0 Å². The van der Waals surface area contributed by atoms with Crippen LogP contribution in [0, 0.1) is 5.92 Å². The molecule has 3 nitrogen and oxygen atoms in total. The average Bonchev–Trinajstić information content (AvgIpc) is 2.58. The molecule has 1 unspecified atom stereocenters. The van der Waals surface area contributed by atoms with Crippen molar-refractivity contribution in [1.82, 2.24) is 5.32 Å². The molecule has 1 heterocycles. The van der Waals surface area contributed by atoms with Crippen LogP contribution in [-0.2, 0) is 16.0 Å². The molecule has 0 saturated carbocycles. The van der Waals surface area contributed by atoms with E-state index in [1.54, 1.807) is 0 Å². The SMILES string of the molecule is CC(C)Cc1ccc(C2NC(=O)CC2=O)cc1. The Morgan fingerprint density at radius 1 is 1.24 bits per heavy atom. The van der Waals surface area contributed by atoms with Crippen molar-refractivity contribution in [2.24, 2.45) is 5.92 Å². The van der Waals surface area contributed by atoms with Crippen molar-refractivity contribution >= 4 is 11.7 Å². The Morgan fingerprint density at radius 2 is 1.88 bits per heavy atom. The molecular weight excluding hydrogens is 214 g/mol. The summed E-state index contributed by atoms with van der Waals surface area (Å²) in [6.45, 7) is 4.35. The van der Waals surface area contributed by atoms with E-state index in [4.69, 9.17) is 0 Å². The van der Waals surface area contributed by atoms with Crippen molar-refractivity contribution in [3.63, 3.8) is 0 Å². The zero-order chi connectivity index (χ0) is 12.4. The highest BCUT2D eigenvalue weighted by molar-refractivity contribution is 6.07. The summed E-state index contributed by atoms with van der Waals surface area (Å²) >= 11 is 0. The molecule has 1 amide bonds. The average molecular weight is 231 g/mol. The second-order valence-electron chi connectivity index (χ2n) is 4.98. The number of carbonyl (C=O) groups excluding carboxylic acids is 2. The van der Waals surface area contributed by atoms with E-state index >= 15 is 0 Å². The van der Waals surface area contributed by atoms with Crippen LogP contribution in [0.15, 0.2) is 24.3 Å². The first-order valence-corrected chi connectivity index (χ1v) is 5.97. The summed E-state index contributed by atoms with van der Waals surface area (Å²) in [5.74, 6) is 0.409. The zero-order valence-electron chi connectivity index (χ0n) is 10.2. The maximum atomic E-state index is 11.6. The lowest BCUT2D eigenvalue weighted by molar-refractivity contribution is -0.122. The summed E-state index contributed by atoms with van der Waals surface area (Å²) in [7, 11) is 0. The fourth-order valence-electron chi connectivity index (χ4n) is 2.14. The molecule has 1 aromatic rings. The fourth-order valence-corrected chi connectivity index (χ4v) is 2.14. The number of carbonyl (C=O) groups is 2. The van der Waals surface area contributed by atoms with Gasteiger partial charge in [0.1, 0.15) is 6.04 Å². The first-order chi connectivity index (χ1) is 8.06. The summed E-state index contributed by atoms with van der Waals surface area (Å²) in [6.07, 6.45) is 1.05. The summed E-state index contributed by atoms with van der Waals surface area (Å²) in [5, 5.41) is 2.69. The van der Waals surface area contributed by atoms with Crippen LogP contribution >= 0.6 is 0 Å². The molecule has 1 saturated heterocycles. The molecule has 1 N–H and O–H groups in total. The highest BCUT2D eigenvalue weighted by atomic mass is 16.2. The third-order valence-electron chi connectivity index (χ3n) is 2.92. The van der Waals surface area contributed by atoms with Crippen molar-refractivity contribution in [1.29, 1.82) is 0 Å². The second-order valence-corrected chi connectivity index (χ2v) is 4.98. The Hall–Kier alpha value is -1.64. The molecule has 17 heavy (non-hydrogen) atoms. The van der Waals surface area contributed by atoms with Crippen LogP contribution in [0.1, 0.15) is 37.4 Å². The van der Waals surface area contributed by atoms with Gasteiger partial charge in [0.05, 0.1) is 6.42 Å². The Balaban J connectivity index is 2.13. The van der Waals surface area contributed by atoms with E-state index in [1.807, 2.05) is 24.3 Å². The number of hydrogen-bond acceptors (Lipinski definition) is 2. The van der Waals surface area contributed by atoms with E-state index in [2.05, 4.69) is 19.2 Å². The van der Waals surface area contributed by atoms with E-state index in [-0.39, 0.29) is 18.1 Å². The largest absolute Gasteiger partial charge is 0.342 e. The molecule has 0 aromatic heterocycles. The maximum absolute atomic E-state index is 11.6. The van der Waals surface area contributed by atoms with Crippen LogP contribution in [0.5, 0.6) is 0 Å². The molecule has 1 fully saturated rings. The highest BCUT2D eigenvalue weighted by Crippen LogP contribution is 2.21. The fraction of sp³-hybridized carbons (Fsp3) is 0.429. The van der Waals surface area contributed by atoms with E-state index in [0.717, 1.165) is 12.0 Å². The van der Waals surface area contributed by atoms with Crippen molar-refractivity contribution in [2.45, 2.75) is 32.7 Å². The number of ketones is 1. The third-order valence-corrected chi connectivity index (χ3v) is 2.92. The van der Waals surface area contributed by atoms with Gasteiger partial charge in [-0.15, -0.1) is 0 Å². The zero-order valence-corrected chi connectivity index (χ0v) is 10.2. The van der Waals surface area contributed by atoms with Crippen molar-refractivity contribution < 1.29 is 9.59 Å². The smallest absolute Gasteiger partial charge is 0.228 e. The standard InChI is InChI=1S/C14H17NO2/c1-9(2)7-10-3-5-11(6-4-10)14-12(16)8-13(17)15-14/h3-6,9,14H,7-8H2,1-2H3,(H,15,17). The Morgan fingerprint density at radius 3 is 2.35 bits per heavy atom. The minimum absolute atomic E-state index is 0.0123. The van der Waals surface area contributed by atoms with E-state index in [0.29, 0.717) is 5.92 Å². The molecule has 0 radical (unpaired) electrons. The summed E-state index contributed by atoms with van der Waals surface area (Å²) in [4.78, 5) is 22.7. The number of nitrogens with one attached hydrogen (secondary N) is 1. The quantitative estimate of drug-likeness (QED) is 0.809. The van der Waals surface area contributed by atoms with E-state index in [9.17, 15) is 9.59 Å². The van der Waals surface area contributed by atoms with Crippen LogP contribution in [0.25, 0.3) is 0 Å². The van der Waals surface area contributed by atoms with Gasteiger partial charge in [-0.2, -0.15) is 0 Å². The lowest BCUT2D eigenvalue weighted by Crippen LogP contribution is -2.20. The normalized spacial score (nSPS) is 19.8. The lowest BCUT2D eigenvalue weighted by atomic mass is 9.98. The van der Waals surface area contributed by atoms with Gasteiger partial charge in [0.15, 0.2) is 5.78 Å². The molecule has 1 aliphatic rings. The molecule has 0 aliphatic carbocycles. The van der Waals surface area contributed by atoms with Gasteiger partial charge in [-0.3, -0.25) is 9.59 Å². The number of hydrogen-bond donors (Lipinski definition) is 1. The van der Waals surface area contributed by atoms with Gasteiger partial charge >= 0.3 is 0 Å². The van der Waals surface area contributed by atoms with Crippen molar-refractivity contribution in [3.8, 4) is 0 Å². The molecular formula is C14H17NO2. The highest BCUT2D eigenvalue weighted by Gasteiger charge is 2.30. The molecule has 2 rings (SSSR count). The molecule has 0 spiro atoms. The minimum Gasteiger partial charge on any atom is -0.342 e. The number of Topliss-reactive ketones (excluding diaryl/α,β-unsaturated/α-hetero) is 1. The number of amides is 1. The number of benzene rings is 1. The molecule has 3 heteroatoms. The summed E-state index contributed by atoms with van der Waals surface area (Å²) in [5.41, 5.74) is 2.15. The second kappa shape index (κ2) is 4.70. The summed E-state index contributed by atoms with van der Waals surface area (Å²) < 4.78 is 0. The first-order valence-electron chi connectivity index (χ1n) is 5.97. The minimum atomic E-state index is -0.435. The van der Waals surface area contributed by atoms with E-state index in [1.165, 1.54) is 5.56 Å². The molecule has 0 bridgehead atoms. The van der Waals surface area contributed by atoms with Crippen molar-refractivity contribution in [3.05, 3.63) is 35.4 Å². The number of rotatable bonds is 3. The topological polar surface area (TPSA) is 46.2 Å². The molecule has 1 aliphatic heterocycles. The monoisotopic (exact) mass is 231 g/mol. The van der Waals surface area contributed by atoms with Gasteiger partial charge in [-0.1, -0.05) is 38.1 Å². The predicted octanol–water partition coefficient (Wildman–Crippen LogP) is 2.02. The molecule has 1 atom stereocenters. The Labute approximate surface area is 101 Å². The lowest BCUT2D eigenvalue weighted by Gasteiger charge is -2.10. The Bertz CT molecular complexity index is 434. The first kappa shape index (κ1) is 11.8. The van der Waals surface area contributed by atoms with Gasteiger partial charge < -0.3 is 5.32 Å². The van der Waals surface area contributed by atoms with Gasteiger partial charge in [-0.05, 0) is 23.5 Å². The molecule has 90 valence electrons. The predicted molar refractivity (Wildman–Crippen MR) is 65.5 cm³/mol. The third kappa shape index (κ3) is 2.73. The van der Waals surface area contributed by atoms with Crippen LogP contribution in [-0.4, -0.2) is 11.7 Å². The van der Waals surface area contributed by atoms with Gasteiger partial charge in [0, 0.05) is 0 Å². The van der Waals surface area contributed by atoms with Crippen LogP contribution < -0.4 is 5.32 Å². The molecule has 1 aromatic carbocycles. The van der Waals surface area contributed by atoms with Gasteiger partial charge in [0.2, 0.25) is 5.91 Å². The van der Waals surface area contributed by atoms with Crippen LogP contribution in [0.2, 0.25) is 0 Å². The van der Waals surface area contributed by atoms with Gasteiger partial charge in [-0.25, -0.2) is 0 Å². The summed E-state index contributed by atoms with van der Waals surface area (Å²) in [6, 6.07) is 7.51. The Kier molecular flexibility index (Phi) is 3.27. The maximum Gasteiger partial charge on any atom is 0.228 e.